The Morgan fingerprint density at radius 2 is 1.79 bits per heavy atom. The van der Waals surface area contributed by atoms with E-state index < -0.39 is 0 Å². The van der Waals surface area contributed by atoms with Crippen molar-refractivity contribution in [3.05, 3.63) is 102 Å². The largest absolute Gasteiger partial charge is 0.497 e. The number of nitrogens with zero attached hydrogens (tertiary/aromatic N) is 3. The van der Waals surface area contributed by atoms with Crippen LogP contribution in [-0.2, 0) is 9.53 Å². The van der Waals surface area contributed by atoms with Crippen molar-refractivity contribution in [2.75, 3.05) is 31.0 Å². The van der Waals surface area contributed by atoms with Gasteiger partial charge in [0.05, 0.1) is 18.8 Å². The van der Waals surface area contributed by atoms with Gasteiger partial charge < -0.3 is 29.6 Å². The lowest BCUT2D eigenvalue weighted by atomic mass is 10.00. The molecule has 9 heteroatoms. The number of rotatable bonds is 8. The minimum atomic E-state index is -0.201. The monoisotopic (exact) mass is 541 g/mol. The van der Waals surface area contributed by atoms with Gasteiger partial charge in [0.15, 0.2) is 5.11 Å². The fraction of sp³-hybridized carbons (Fsp3) is 0.233. The molecule has 5 rings (SSSR count). The summed E-state index contributed by atoms with van der Waals surface area (Å²) >= 11 is 5.93. The molecule has 39 heavy (non-hydrogen) atoms. The quantitative estimate of drug-likeness (QED) is 0.295. The Bertz CT molecular complexity index is 1490. The zero-order chi connectivity index (χ0) is 27.5. The Balaban J connectivity index is 1.61. The van der Waals surface area contributed by atoms with Crippen molar-refractivity contribution in [2.24, 2.45) is 0 Å². The predicted octanol–water partition coefficient (Wildman–Crippen LogP) is 5.26. The molecule has 0 aliphatic carbocycles. The highest BCUT2D eigenvalue weighted by molar-refractivity contribution is 7.80. The molecule has 8 nitrogen and oxygen atoms in total. The van der Waals surface area contributed by atoms with Crippen LogP contribution in [0.3, 0.4) is 0 Å². The summed E-state index contributed by atoms with van der Waals surface area (Å²) in [6.07, 6.45) is 1.80. The first-order valence-electron chi connectivity index (χ1n) is 12.6. The SMILES string of the molecule is COCC(=O)Nc1ccc(N2C(=S)N[C@H](c3ccccn3)[C@H]2c2ccc(C)n2-c2ccc(OC)cc2)cc1C. The Kier molecular flexibility index (Phi) is 7.63. The fourth-order valence-electron chi connectivity index (χ4n) is 5.06. The topological polar surface area (TPSA) is 80.7 Å². The van der Waals surface area contributed by atoms with Gasteiger partial charge in [-0.25, -0.2) is 0 Å². The first-order valence-corrected chi connectivity index (χ1v) is 13.0. The van der Waals surface area contributed by atoms with Crippen LogP contribution in [0, 0.1) is 13.8 Å². The van der Waals surface area contributed by atoms with Crippen LogP contribution in [0.2, 0.25) is 0 Å². The van der Waals surface area contributed by atoms with Gasteiger partial charge in [-0.05, 0) is 98.4 Å². The van der Waals surface area contributed by atoms with Gasteiger partial charge in [0.1, 0.15) is 18.4 Å². The van der Waals surface area contributed by atoms with E-state index in [1.807, 2.05) is 55.5 Å². The summed E-state index contributed by atoms with van der Waals surface area (Å²) in [5, 5.41) is 7.04. The van der Waals surface area contributed by atoms with E-state index in [0.29, 0.717) is 5.11 Å². The second kappa shape index (κ2) is 11.3. The summed E-state index contributed by atoms with van der Waals surface area (Å²) in [4.78, 5) is 18.9. The van der Waals surface area contributed by atoms with Gasteiger partial charge in [-0.15, -0.1) is 0 Å². The normalized spacial score (nSPS) is 16.7. The average molecular weight is 542 g/mol. The number of methoxy groups -OCH3 is 2. The summed E-state index contributed by atoms with van der Waals surface area (Å²) < 4.78 is 12.6. The Morgan fingerprint density at radius 3 is 2.46 bits per heavy atom. The molecule has 2 aromatic carbocycles. The van der Waals surface area contributed by atoms with Crippen molar-refractivity contribution in [2.45, 2.75) is 25.9 Å². The van der Waals surface area contributed by atoms with Gasteiger partial charge >= 0.3 is 0 Å². The fourth-order valence-corrected chi connectivity index (χ4v) is 5.41. The van der Waals surface area contributed by atoms with Gasteiger partial charge in [0.25, 0.3) is 0 Å². The van der Waals surface area contributed by atoms with Crippen LogP contribution in [-0.4, -0.2) is 41.4 Å². The van der Waals surface area contributed by atoms with E-state index >= 15 is 0 Å². The molecule has 1 aliphatic heterocycles. The summed E-state index contributed by atoms with van der Waals surface area (Å²) in [6.45, 7) is 4.06. The molecular formula is C30H31N5O3S. The summed E-state index contributed by atoms with van der Waals surface area (Å²) in [5.41, 5.74) is 6.65. The number of nitrogens with one attached hydrogen (secondary N) is 2. The number of thiocarbonyl (C=S) groups is 1. The maximum absolute atomic E-state index is 12.1. The van der Waals surface area contributed by atoms with Crippen LogP contribution in [0.15, 0.2) is 79.0 Å². The number of carbonyl (C=O) groups excluding carboxylic acids is 1. The van der Waals surface area contributed by atoms with E-state index in [9.17, 15) is 4.79 Å². The highest BCUT2D eigenvalue weighted by atomic mass is 32.1. The molecule has 2 aromatic heterocycles. The average Bonchev–Trinajstić information content (AvgIpc) is 3.49. The first-order chi connectivity index (χ1) is 18.9. The number of aryl methyl sites for hydroxylation is 2. The van der Waals surface area contributed by atoms with Gasteiger partial charge in [-0.3, -0.25) is 9.78 Å². The lowest BCUT2D eigenvalue weighted by Crippen LogP contribution is -2.30. The molecule has 1 aliphatic rings. The summed E-state index contributed by atoms with van der Waals surface area (Å²) in [6, 6.07) is 23.7. The van der Waals surface area contributed by atoms with E-state index in [0.717, 1.165) is 45.5 Å². The maximum atomic E-state index is 12.1. The van der Waals surface area contributed by atoms with Gasteiger partial charge in [0, 0.05) is 41.8 Å². The number of hydrogen-bond acceptors (Lipinski definition) is 5. The number of carbonyl (C=O) groups is 1. The zero-order valence-corrected chi connectivity index (χ0v) is 23.2. The third-order valence-electron chi connectivity index (χ3n) is 6.88. The number of ether oxygens (including phenoxy) is 2. The molecule has 3 heterocycles. The van der Waals surface area contributed by atoms with Crippen LogP contribution >= 0.6 is 12.2 Å². The van der Waals surface area contributed by atoms with Gasteiger partial charge in [0.2, 0.25) is 5.91 Å². The minimum Gasteiger partial charge on any atom is -0.497 e. The minimum absolute atomic E-state index is 0.00312. The van der Waals surface area contributed by atoms with Crippen LogP contribution in [0.25, 0.3) is 5.69 Å². The van der Waals surface area contributed by atoms with Crippen molar-refractivity contribution in [1.29, 1.82) is 0 Å². The summed E-state index contributed by atoms with van der Waals surface area (Å²) in [7, 11) is 3.16. The number of pyridine rings is 1. The number of benzene rings is 2. The molecule has 0 saturated carbocycles. The van der Waals surface area contributed by atoms with Crippen LogP contribution in [0.4, 0.5) is 11.4 Å². The van der Waals surface area contributed by atoms with Crippen molar-refractivity contribution in [1.82, 2.24) is 14.9 Å². The maximum Gasteiger partial charge on any atom is 0.250 e. The van der Waals surface area contributed by atoms with Crippen molar-refractivity contribution in [3.8, 4) is 11.4 Å². The highest BCUT2D eigenvalue weighted by Gasteiger charge is 2.42. The Hall–Kier alpha value is -4.21. The predicted molar refractivity (Wildman–Crippen MR) is 157 cm³/mol. The third-order valence-corrected chi connectivity index (χ3v) is 7.19. The number of aromatic nitrogens is 2. The van der Waals surface area contributed by atoms with E-state index in [1.54, 1.807) is 13.3 Å². The molecule has 0 unspecified atom stereocenters. The highest BCUT2D eigenvalue weighted by Crippen LogP contribution is 2.43. The summed E-state index contributed by atoms with van der Waals surface area (Å²) in [5.74, 6) is 0.600. The van der Waals surface area contributed by atoms with Crippen LogP contribution in [0.1, 0.15) is 34.7 Å². The van der Waals surface area contributed by atoms with E-state index in [2.05, 4.69) is 56.3 Å². The molecule has 0 spiro atoms. The standard InChI is InChI=1S/C30H31N5O3S/c1-19-17-22(11-14-24(19)32-27(36)18-37-3)35-29(28(33-30(35)39)25-7-5-6-16-31-25)26-15-8-20(2)34(26)21-9-12-23(38-4)13-10-21/h5-17,28-29H,18H2,1-4H3,(H,32,36)(H,33,39)/t28-,29-/m1/s1. The second-order valence-electron chi connectivity index (χ2n) is 9.41. The van der Waals surface area contributed by atoms with E-state index in [1.165, 1.54) is 7.11 Å². The van der Waals surface area contributed by atoms with Crippen LogP contribution < -0.4 is 20.3 Å². The molecule has 4 aromatic rings. The molecule has 2 atom stereocenters. The Labute approximate surface area is 233 Å². The Morgan fingerprint density at radius 1 is 1.03 bits per heavy atom. The molecular weight excluding hydrogens is 510 g/mol. The molecule has 0 bridgehead atoms. The molecule has 200 valence electrons. The molecule has 1 fully saturated rings. The first kappa shape index (κ1) is 26.4. The van der Waals surface area contributed by atoms with E-state index in [4.69, 9.17) is 21.7 Å². The molecule has 1 saturated heterocycles. The van der Waals surface area contributed by atoms with Gasteiger partial charge in [-0.1, -0.05) is 6.07 Å². The number of amides is 1. The van der Waals surface area contributed by atoms with Crippen molar-refractivity contribution < 1.29 is 14.3 Å². The molecule has 0 radical (unpaired) electrons. The zero-order valence-electron chi connectivity index (χ0n) is 22.3. The lowest BCUT2D eigenvalue weighted by molar-refractivity contribution is -0.119. The van der Waals surface area contributed by atoms with Crippen molar-refractivity contribution >= 4 is 34.6 Å². The smallest absolute Gasteiger partial charge is 0.250 e. The lowest BCUT2D eigenvalue weighted by Gasteiger charge is -2.30. The molecule has 1 amide bonds. The second-order valence-corrected chi connectivity index (χ2v) is 9.80. The van der Waals surface area contributed by atoms with Crippen LogP contribution in [0.5, 0.6) is 5.75 Å². The number of anilines is 2. The third kappa shape index (κ3) is 5.23. The van der Waals surface area contributed by atoms with E-state index in [-0.39, 0.29) is 24.6 Å². The molecule has 2 N–H and O–H groups in total. The number of hydrogen-bond donors (Lipinski definition) is 2. The van der Waals surface area contributed by atoms with Crippen molar-refractivity contribution in [3.63, 3.8) is 0 Å². The van der Waals surface area contributed by atoms with Gasteiger partial charge in [-0.2, -0.15) is 0 Å².